The van der Waals surface area contributed by atoms with Gasteiger partial charge in [-0.25, -0.2) is 8.42 Å². The Balaban J connectivity index is 2.63. The zero-order chi connectivity index (χ0) is 18.8. The van der Waals surface area contributed by atoms with Crippen LogP contribution in [0.4, 0.5) is 0 Å². The largest absolute Gasteiger partial charge is 0.469 e. The predicted molar refractivity (Wildman–Crippen MR) is 95.0 cm³/mol. The molecule has 136 valence electrons. The Morgan fingerprint density at radius 1 is 1.32 bits per heavy atom. The molecule has 0 atom stereocenters. The number of ether oxygens (including phenoxy) is 1. The highest BCUT2D eigenvalue weighted by Crippen LogP contribution is 2.22. The lowest BCUT2D eigenvalue weighted by Crippen LogP contribution is -2.20. The molecule has 1 aromatic heterocycles. The second-order valence-electron chi connectivity index (χ2n) is 5.87. The quantitative estimate of drug-likeness (QED) is 0.732. The van der Waals surface area contributed by atoms with Crippen LogP contribution in [0.25, 0.3) is 10.2 Å². The Hall–Kier alpha value is -2.00. The topological polar surface area (TPSA) is 94.8 Å². The number of aryl methyl sites for hydroxylation is 1. The average Bonchev–Trinajstić information content (AvgIpc) is 2.87. The van der Waals surface area contributed by atoms with Gasteiger partial charge in [-0.1, -0.05) is 25.2 Å². The van der Waals surface area contributed by atoms with Gasteiger partial charge in [0, 0.05) is 18.7 Å². The summed E-state index contributed by atoms with van der Waals surface area (Å²) in [4.78, 5) is 28.2. The van der Waals surface area contributed by atoms with Gasteiger partial charge in [-0.15, -0.1) is 0 Å². The molecule has 2 rings (SSSR count). The highest BCUT2D eigenvalue weighted by molar-refractivity contribution is 7.90. The molecule has 1 aromatic carbocycles. The van der Waals surface area contributed by atoms with Gasteiger partial charge in [0.15, 0.2) is 14.6 Å². The van der Waals surface area contributed by atoms with E-state index in [9.17, 15) is 18.0 Å². The number of methoxy groups -OCH3 is 1. The van der Waals surface area contributed by atoms with E-state index in [1.807, 2.05) is 0 Å². The van der Waals surface area contributed by atoms with Gasteiger partial charge in [0.05, 0.1) is 28.6 Å². The lowest BCUT2D eigenvalue weighted by atomic mass is 10.2. The van der Waals surface area contributed by atoms with Gasteiger partial charge in [0.1, 0.15) is 0 Å². The third-order valence-electron chi connectivity index (χ3n) is 3.55. The van der Waals surface area contributed by atoms with Crippen LogP contribution in [0.1, 0.15) is 20.3 Å². The number of carbonyl (C=O) groups is 2. The van der Waals surface area contributed by atoms with Gasteiger partial charge < -0.3 is 9.30 Å². The van der Waals surface area contributed by atoms with Crippen LogP contribution in [0, 0.1) is 5.92 Å². The van der Waals surface area contributed by atoms with Crippen molar-refractivity contribution in [2.75, 3.05) is 13.4 Å². The number of fused-ring (bicyclic) bond motifs is 1. The van der Waals surface area contributed by atoms with E-state index in [-0.39, 0.29) is 35.7 Å². The maximum atomic E-state index is 12.0. The summed E-state index contributed by atoms with van der Waals surface area (Å²) in [5, 5.41) is 0. The van der Waals surface area contributed by atoms with Crippen molar-refractivity contribution < 1.29 is 22.7 Å². The van der Waals surface area contributed by atoms with Crippen LogP contribution in [-0.4, -0.2) is 38.2 Å². The summed E-state index contributed by atoms with van der Waals surface area (Å²) in [5.74, 6) is -0.909. The highest BCUT2D eigenvalue weighted by Gasteiger charge is 2.14. The molecule has 0 aliphatic carbocycles. The van der Waals surface area contributed by atoms with E-state index in [1.54, 1.807) is 30.5 Å². The van der Waals surface area contributed by atoms with Crippen LogP contribution in [0.15, 0.2) is 28.1 Å². The van der Waals surface area contributed by atoms with Crippen molar-refractivity contribution in [3.8, 4) is 0 Å². The molecular weight excluding hydrogens is 364 g/mol. The molecule has 9 heteroatoms. The fraction of sp³-hybridized carbons (Fsp3) is 0.438. The molecule has 0 bridgehead atoms. The van der Waals surface area contributed by atoms with E-state index < -0.39 is 9.84 Å². The molecule has 0 fully saturated rings. The second-order valence-corrected chi connectivity index (χ2v) is 8.89. The number of aromatic nitrogens is 1. The predicted octanol–water partition coefficient (Wildman–Crippen LogP) is 1.75. The number of benzene rings is 1. The van der Waals surface area contributed by atoms with Gasteiger partial charge in [-0.05, 0) is 18.2 Å². The van der Waals surface area contributed by atoms with E-state index in [0.717, 1.165) is 11.8 Å². The third-order valence-corrected chi connectivity index (χ3v) is 5.70. The maximum absolute atomic E-state index is 12.0. The minimum absolute atomic E-state index is 0.124. The number of rotatable bonds is 5. The number of amides is 1. The number of hydrogen-bond donors (Lipinski definition) is 0. The van der Waals surface area contributed by atoms with Crippen LogP contribution in [0.2, 0.25) is 0 Å². The summed E-state index contributed by atoms with van der Waals surface area (Å²) in [6.07, 6.45) is 1.26. The summed E-state index contributed by atoms with van der Waals surface area (Å²) in [5.41, 5.74) is 0.719. The molecule has 2 aromatic rings. The zero-order valence-corrected chi connectivity index (χ0v) is 16.1. The molecule has 1 heterocycles. The number of hydrogen-bond acceptors (Lipinski definition) is 6. The first kappa shape index (κ1) is 19.3. The minimum Gasteiger partial charge on any atom is -0.469 e. The van der Waals surface area contributed by atoms with Crippen molar-refractivity contribution in [1.82, 2.24) is 4.57 Å². The summed E-state index contributed by atoms with van der Waals surface area (Å²) in [7, 11) is -2.03. The van der Waals surface area contributed by atoms with Crippen LogP contribution < -0.4 is 4.80 Å². The summed E-state index contributed by atoms with van der Waals surface area (Å²) < 4.78 is 30.6. The molecule has 0 N–H and O–H groups in total. The van der Waals surface area contributed by atoms with Crippen molar-refractivity contribution in [1.29, 1.82) is 0 Å². The molecular formula is C16H20N2O5S2. The van der Waals surface area contributed by atoms with Gasteiger partial charge in [-0.2, -0.15) is 4.99 Å². The number of nitrogens with zero attached hydrogens (tertiary/aromatic N) is 2. The lowest BCUT2D eigenvalue weighted by molar-refractivity contribution is -0.140. The zero-order valence-electron chi connectivity index (χ0n) is 14.5. The Labute approximate surface area is 149 Å². The first-order valence-corrected chi connectivity index (χ1v) is 10.3. The van der Waals surface area contributed by atoms with E-state index in [4.69, 9.17) is 0 Å². The number of thiazole rings is 1. The van der Waals surface area contributed by atoms with E-state index in [2.05, 4.69) is 9.73 Å². The molecule has 0 unspecified atom stereocenters. The SMILES string of the molecule is COC(=O)CCn1c(=NC(=O)C(C)C)sc2cc(S(C)(=O)=O)ccc21. The van der Waals surface area contributed by atoms with Crippen molar-refractivity contribution in [2.24, 2.45) is 10.9 Å². The molecule has 0 radical (unpaired) electrons. The monoisotopic (exact) mass is 384 g/mol. The first-order chi connectivity index (χ1) is 11.6. The van der Waals surface area contributed by atoms with E-state index >= 15 is 0 Å². The molecule has 0 saturated carbocycles. The smallest absolute Gasteiger partial charge is 0.307 e. The Kier molecular flexibility index (Phi) is 5.79. The number of sulfone groups is 1. The second kappa shape index (κ2) is 7.49. The highest BCUT2D eigenvalue weighted by atomic mass is 32.2. The third kappa shape index (κ3) is 4.55. The fourth-order valence-corrected chi connectivity index (χ4v) is 3.94. The molecule has 0 spiro atoms. The van der Waals surface area contributed by atoms with Crippen molar-refractivity contribution in [2.45, 2.75) is 31.7 Å². The Morgan fingerprint density at radius 3 is 2.56 bits per heavy atom. The minimum atomic E-state index is -3.34. The van der Waals surface area contributed by atoms with Gasteiger partial charge >= 0.3 is 5.97 Å². The normalized spacial score (nSPS) is 12.8. The molecule has 0 saturated heterocycles. The van der Waals surface area contributed by atoms with Crippen molar-refractivity contribution in [3.05, 3.63) is 23.0 Å². The fourth-order valence-electron chi connectivity index (χ4n) is 2.11. The standard InChI is InChI=1S/C16H20N2O5S2/c1-10(2)15(20)17-16-18(8-7-14(19)23-3)12-6-5-11(25(4,21)22)9-13(12)24-16/h5-6,9-10H,7-8H2,1-4H3. The van der Waals surface area contributed by atoms with E-state index in [0.29, 0.717) is 9.50 Å². The number of carbonyl (C=O) groups excluding carboxylic acids is 2. The lowest BCUT2D eigenvalue weighted by Gasteiger charge is -2.05. The van der Waals surface area contributed by atoms with Crippen LogP contribution in [0.3, 0.4) is 0 Å². The molecule has 7 nitrogen and oxygen atoms in total. The van der Waals surface area contributed by atoms with Gasteiger partial charge in [0.25, 0.3) is 5.91 Å². The maximum Gasteiger partial charge on any atom is 0.307 e. The van der Waals surface area contributed by atoms with Gasteiger partial charge in [-0.3, -0.25) is 9.59 Å². The van der Waals surface area contributed by atoms with Crippen LogP contribution >= 0.6 is 11.3 Å². The molecule has 1 amide bonds. The average molecular weight is 384 g/mol. The Morgan fingerprint density at radius 2 is 2.00 bits per heavy atom. The number of esters is 1. The molecule has 0 aliphatic rings. The summed E-state index contributed by atoms with van der Waals surface area (Å²) in [6, 6.07) is 4.73. The van der Waals surface area contributed by atoms with Crippen LogP contribution in [0.5, 0.6) is 0 Å². The van der Waals surface area contributed by atoms with Crippen LogP contribution in [-0.2, 0) is 30.7 Å². The molecule has 25 heavy (non-hydrogen) atoms. The van der Waals surface area contributed by atoms with E-state index in [1.165, 1.54) is 24.5 Å². The molecule has 0 aliphatic heterocycles. The van der Waals surface area contributed by atoms with Crippen molar-refractivity contribution >= 4 is 43.3 Å². The van der Waals surface area contributed by atoms with Crippen molar-refractivity contribution in [3.63, 3.8) is 0 Å². The summed E-state index contributed by atoms with van der Waals surface area (Å²) >= 11 is 1.22. The summed E-state index contributed by atoms with van der Waals surface area (Å²) in [6.45, 7) is 3.79. The Bertz CT molecular complexity index is 984. The first-order valence-electron chi connectivity index (χ1n) is 7.62. The van der Waals surface area contributed by atoms with Gasteiger partial charge in [0.2, 0.25) is 0 Å².